The van der Waals surface area contributed by atoms with Crippen molar-refractivity contribution in [2.45, 2.75) is 13.8 Å². The van der Waals surface area contributed by atoms with Crippen LogP contribution in [0.3, 0.4) is 0 Å². The molecule has 0 aliphatic rings. The number of aryl methyl sites for hydroxylation is 1. The third kappa shape index (κ3) is 1.61. The van der Waals surface area contributed by atoms with Gasteiger partial charge < -0.3 is 16.2 Å². The first-order chi connectivity index (χ1) is 5.65. The van der Waals surface area contributed by atoms with E-state index in [4.69, 9.17) is 16.2 Å². The standard InChI is InChI=1S/C9H14N2O/c1-3-12-9-5-7(10)6(2)4-8(9)11/h4-5H,3,10-11H2,1-2H3. The second-order valence-electron chi connectivity index (χ2n) is 2.68. The van der Waals surface area contributed by atoms with Gasteiger partial charge in [-0.25, -0.2) is 0 Å². The third-order valence-corrected chi connectivity index (χ3v) is 1.70. The molecule has 0 radical (unpaired) electrons. The third-order valence-electron chi connectivity index (χ3n) is 1.70. The van der Waals surface area contributed by atoms with E-state index in [-0.39, 0.29) is 0 Å². The van der Waals surface area contributed by atoms with Crippen molar-refractivity contribution in [2.75, 3.05) is 18.1 Å². The smallest absolute Gasteiger partial charge is 0.144 e. The summed E-state index contributed by atoms with van der Waals surface area (Å²) in [4.78, 5) is 0. The minimum absolute atomic E-state index is 0.604. The summed E-state index contributed by atoms with van der Waals surface area (Å²) in [5.41, 5.74) is 13.7. The topological polar surface area (TPSA) is 61.3 Å². The molecule has 0 bridgehead atoms. The summed E-state index contributed by atoms with van der Waals surface area (Å²) in [6.07, 6.45) is 0. The van der Waals surface area contributed by atoms with Gasteiger partial charge in [-0.1, -0.05) is 0 Å². The Morgan fingerprint density at radius 1 is 1.25 bits per heavy atom. The van der Waals surface area contributed by atoms with Gasteiger partial charge in [0.25, 0.3) is 0 Å². The summed E-state index contributed by atoms with van der Waals surface area (Å²) in [5, 5.41) is 0. The van der Waals surface area contributed by atoms with Crippen LogP contribution in [0, 0.1) is 6.92 Å². The minimum Gasteiger partial charge on any atom is -0.492 e. The summed E-state index contributed by atoms with van der Waals surface area (Å²) in [6.45, 7) is 4.43. The van der Waals surface area contributed by atoms with Gasteiger partial charge >= 0.3 is 0 Å². The Labute approximate surface area is 72.3 Å². The lowest BCUT2D eigenvalue weighted by Gasteiger charge is -2.09. The summed E-state index contributed by atoms with van der Waals surface area (Å²) < 4.78 is 5.27. The fourth-order valence-corrected chi connectivity index (χ4v) is 1.01. The van der Waals surface area contributed by atoms with Crippen molar-refractivity contribution in [1.82, 2.24) is 0 Å². The quantitative estimate of drug-likeness (QED) is 0.655. The fourth-order valence-electron chi connectivity index (χ4n) is 1.01. The molecular weight excluding hydrogens is 152 g/mol. The van der Waals surface area contributed by atoms with Crippen LogP contribution in [-0.2, 0) is 0 Å². The van der Waals surface area contributed by atoms with Crippen LogP contribution in [0.15, 0.2) is 12.1 Å². The molecule has 0 fully saturated rings. The van der Waals surface area contributed by atoms with E-state index in [1.807, 2.05) is 19.9 Å². The predicted molar refractivity (Wildman–Crippen MR) is 51.2 cm³/mol. The van der Waals surface area contributed by atoms with Crippen molar-refractivity contribution >= 4 is 11.4 Å². The lowest BCUT2D eigenvalue weighted by atomic mass is 10.1. The number of anilines is 2. The van der Waals surface area contributed by atoms with Gasteiger partial charge in [-0.15, -0.1) is 0 Å². The SMILES string of the molecule is CCOc1cc(N)c(C)cc1N. The highest BCUT2D eigenvalue weighted by Crippen LogP contribution is 2.26. The molecule has 12 heavy (non-hydrogen) atoms. The van der Waals surface area contributed by atoms with Crippen LogP contribution in [0.2, 0.25) is 0 Å². The van der Waals surface area contributed by atoms with Crippen LogP contribution < -0.4 is 16.2 Å². The van der Waals surface area contributed by atoms with Gasteiger partial charge in [0.2, 0.25) is 0 Å². The molecule has 3 nitrogen and oxygen atoms in total. The molecule has 0 aliphatic heterocycles. The number of ether oxygens (including phenoxy) is 1. The molecular formula is C9H14N2O. The lowest BCUT2D eigenvalue weighted by Crippen LogP contribution is -1.99. The van der Waals surface area contributed by atoms with E-state index in [0.29, 0.717) is 23.7 Å². The molecule has 4 N–H and O–H groups in total. The zero-order chi connectivity index (χ0) is 9.14. The average Bonchev–Trinajstić information content (AvgIpc) is 2.01. The van der Waals surface area contributed by atoms with Gasteiger partial charge in [-0.3, -0.25) is 0 Å². The summed E-state index contributed by atoms with van der Waals surface area (Å²) in [5.74, 6) is 0.667. The number of rotatable bonds is 2. The number of benzene rings is 1. The monoisotopic (exact) mass is 166 g/mol. The maximum Gasteiger partial charge on any atom is 0.144 e. The first kappa shape index (κ1) is 8.71. The van der Waals surface area contributed by atoms with Crippen molar-refractivity contribution in [3.05, 3.63) is 17.7 Å². The second-order valence-corrected chi connectivity index (χ2v) is 2.68. The van der Waals surface area contributed by atoms with Gasteiger partial charge in [0.1, 0.15) is 5.75 Å². The van der Waals surface area contributed by atoms with Crippen LogP contribution in [0.1, 0.15) is 12.5 Å². The van der Waals surface area contributed by atoms with Crippen molar-refractivity contribution in [3.63, 3.8) is 0 Å². The van der Waals surface area contributed by atoms with Crippen molar-refractivity contribution in [1.29, 1.82) is 0 Å². The molecule has 1 aromatic rings. The van der Waals surface area contributed by atoms with Gasteiger partial charge in [0.15, 0.2) is 0 Å². The largest absolute Gasteiger partial charge is 0.492 e. The number of nitrogen functional groups attached to an aromatic ring is 2. The number of hydrogen-bond acceptors (Lipinski definition) is 3. The van der Waals surface area contributed by atoms with Gasteiger partial charge in [0, 0.05) is 11.8 Å². The van der Waals surface area contributed by atoms with Crippen molar-refractivity contribution in [2.24, 2.45) is 0 Å². The van der Waals surface area contributed by atoms with E-state index in [0.717, 1.165) is 5.56 Å². The molecule has 3 heteroatoms. The molecule has 0 aliphatic carbocycles. The van der Waals surface area contributed by atoms with Gasteiger partial charge in [0.05, 0.1) is 12.3 Å². The van der Waals surface area contributed by atoms with Crippen LogP contribution >= 0.6 is 0 Å². The maximum absolute atomic E-state index is 5.70. The Balaban J connectivity index is 3.05. The molecule has 0 saturated heterocycles. The number of hydrogen-bond donors (Lipinski definition) is 2. The second kappa shape index (κ2) is 3.34. The van der Waals surface area contributed by atoms with Crippen molar-refractivity contribution in [3.8, 4) is 5.75 Å². The Bertz CT molecular complexity index is 284. The molecule has 66 valence electrons. The molecule has 0 amide bonds. The van der Waals surface area contributed by atoms with Gasteiger partial charge in [-0.05, 0) is 25.5 Å². The van der Waals surface area contributed by atoms with E-state index in [1.165, 1.54) is 0 Å². The van der Waals surface area contributed by atoms with Crippen LogP contribution in [0.5, 0.6) is 5.75 Å². The van der Waals surface area contributed by atoms with E-state index in [9.17, 15) is 0 Å². The maximum atomic E-state index is 5.70. The summed E-state index contributed by atoms with van der Waals surface area (Å²) >= 11 is 0. The molecule has 1 aromatic carbocycles. The zero-order valence-electron chi connectivity index (χ0n) is 7.42. The Hall–Kier alpha value is -1.38. The Kier molecular flexibility index (Phi) is 2.43. The first-order valence-electron chi connectivity index (χ1n) is 3.93. The van der Waals surface area contributed by atoms with E-state index < -0.39 is 0 Å². The molecule has 0 heterocycles. The van der Waals surface area contributed by atoms with Crippen molar-refractivity contribution < 1.29 is 4.74 Å². The lowest BCUT2D eigenvalue weighted by molar-refractivity contribution is 0.342. The highest BCUT2D eigenvalue weighted by Gasteiger charge is 2.02. The molecule has 1 rings (SSSR count). The first-order valence-corrected chi connectivity index (χ1v) is 3.93. The van der Waals surface area contributed by atoms with Crippen LogP contribution in [-0.4, -0.2) is 6.61 Å². The molecule has 0 aromatic heterocycles. The molecule has 0 saturated carbocycles. The Morgan fingerprint density at radius 3 is 2.50 bits per heavy atom. The fraction of sp³-hybridized carbons (Fsp3) is 0.333. The minimum atomic E-state index is 0.604. The zero-order valence-corrected chi connectivity index (χ0v) is 7.42. The predicted octanol–water partition coefficient (Wildman–Crippen LogP) is 1.56. The molecule has 0 atom stereocenters. The highest BCUT2D eigenvalue weighted by molar-refractivity contribution is 5.63. The highest BCUT2D eigenvalue weighted by atomic mass is 16.5. The van der Waals surface area contributed by atoms with Crippen LogP contribution in [0.4, 0.5) is 11.4 Å². The average molecular weight is 166 g/mol. The van der Waals surface area contributed by atoms with E-state index in [2.05, 4.69) is 0 Å². The molecule has 0 spiro atoms. The van der Waals surface area contributed by atoms with Crippen LogP contribution in [0.25, 0.3) is 0 Å². The molecule has 0 unspecified atom stereocenters. The Morgan fingerprint density at radius 2 is 1.92 bits per heavy atom. The van der Waals surface area contributed by atoms with E-state index >= 15 is 0 Å². The summed E-state index contributed by atoms with van der Waals surface area (Å²) in [7, 11) is 0. The number of nitrogens with two attached hydrogens (primary N) is 2. The van der Waals surface area contributed by atoms with Gasteiger partial charge in [-0.2, -0.15) is 0 Å². The summed E-state index contributed by atoms with van der Waals surface area (Å²) in [6, 6.07) is 3.58. The van der Waals surface area contributed by atoms with E-state index in [1.54, 1.807) is 6.07 Å². The normalized spacial score (nSPS) is 9.83.